The van der Waals surface area contributed by atoms with E-state index in [-0.39, 0.29) is 18.8 Å². The molecule has 0 saturated carbocycles. The molecule has 152 valence electrons. The van der Waals surface area contributed by atoms with Gasteiger partial charge in [-0.25, -0.2) is 9.37 Å². The monoisotopic (exact) mass is 423 g/mol. The second-order valence-electron chi connectivity index (χ2n) is 6.61. The van der Waals surface area contributed by atoms with E-state index in [0.29, 0.717) is 17.2 Å². The first-order valence-electron chi connectivity index (χ1n) is 9.30. The summed E-state index contributed by atoms with van der Waals surface area (Å²) < 4.78 is 18.1. The molecule has 0 atom stereocenters. The van der Waals surface area contributed by atoms with Crippen molar-refractivity contribution in [2.75, 3.05) is 11.9 Å². The van der Waals surface area contributed by atoms with Gasteiger partial charge in [0.25, 0.3) is 5.91 Å². The maximum atomic E-state index is 13.0. The topological polar surface area (TPSA) is 84.1 Å². The van der Waals surface area contributed by atoms with Crippen molar-refractivity contribution in [1.29, 1.82) is 0 Å². The van der Waals surface area contributed by atoms with Gasteiger partial charge in [0, 0.05) is 34.5 Å². The first kappa shape index (κ1) is 19.8. The van der Waals surface area contributed by atoms with Gasteiger partial charge in [0.15, 0.2) is 11.7 Å². The summed E-state index contributed by atoms with van der Waals surface area (Å²) in [5.74, 6) is -1.23. The van der Waals surface area contributed by atoms with Crippen molar-refractivity contribution in [3.05, 3.63) is 71.5 Å². The smallest absolute Gasteiger partial charge is 0.306 e. The molecule has 30 heavy (non-hydrogen) atoms. The fourth-order valence-corrected chi connectivity index (χ4v) is 3.77. The number of thiazole rings is 1. The van der Waals surface area contributed by atoms with Gasteiger partial charge < -0.3 is 9.72 Å². The van der Waals surface area contributed by atoms with Crippen LogP contribution in [0.1, 0.15) is 12.0 Å². The minimum absolute atomic E-state index is 0.182. The number of ether oxygens (including phenoxy) is 1. The summed E-state index contributed by atoms with van der Waals surface area (Å²) in [4.78, 5) is 31.5. The number of esters is 1. The average Bonchev–Trinajstić information content (AvgIpc) is 3.38. The Bertz CT molecular complexity index is 1180. The van der Waals surface area contributed by atoms with Crippen LogP contribution in [0.4, 0.5) is 9.52 Å². The van der Waals surface area contributed by atoms with E-state index in [9.17, 15) is 14.0 Å². The molecule has 0 fully saturated rings. The number of aromatic amines is 1. The number of rotatable bonds is 7. The molecule has 4 rings (SSSR count). The number of aromatic nitrogens is 2. The standard InChI is InChI=1S/C22H18FN3O3S/c23-16-8-5-14(6-9-16)19-13-30-22(25-19)26-20(27)12-29-21(28)10-7-15-11-24-18-4-2-1-3-17(15)18/h1-6,8-9,11,13,24H,7,10,12H2,(H,25,26,27). The van der Waals surface area contributed by atoms with Gasteiger partial charge in [0.2, 0.25) is 0 Å². The fourth-order valence-electron chi connectivity index (χ4n) is 3.03. The lowest BCUT2D eigenvalue weighted by Crippen LogP contribution is -2.21. The molecule has 2 aromatic carbocycles. The van der Waals surface area contributed by atoms with Gasteiger partial charge in [-0.3, -0.25) is 14.9 Å². The number of carbonyl (C=O) groups is 2. The number of amides is 1. The van der Waals surface area contributed by atoms with E-state index < -0.39 is 11.9 Å². The molecule has 0 aliphatic rings. The molecular weight excluding hydrogens is 405 g/mol. The highest BCUT2D eigenvalue weighted by atomic mass is 32.1. The molecule has 8 heteroatoms. The van der Waals surface area contributed by atoms with Gasteiger partial charge in [-0.05, 0) is 42.3 Å². The van der Waals surface area contributed by atoms with Crippen LogP contribution < -0.4 is 5.32 Å². The van der Waals surface area contributed by atoms with E-state index in [4.69, 9.17) is 4.74 Å². The minimum atomic E-state index is -0.463. The van der Waals surface area contributed by atoms with Crippen molar-refractivity contribution in [3.63, 3.8) is 0 Å². The van der Waals surface area contributed by atoms with Gasteiger partial charge in [-0.1, -0.05) is 18.2 Å². The Hall–Kier alpha value is -3.52. The molecule has 0 aliphatic heterocycles. The highest BCUT2D eigenvalue weighted by Gasteiger charge is 2.12. The highest BCUT2D eigenvalue weighted by Crippen LogP contribution is 2.25. The first-order chi connectivity index (χ1) is 14.6. The van der Waals surface area contributed by atoms with Crippen molar-refractivity contribution in [3.8, 4) is 11.3 Å². The van der Waals surface area contributed by atoms with Gasteiger partial charge >= 0.3 is 5.97 Å². The lowest BCUT2D eigenvalue weighted by molar-refractivity contribution is -0.147. The molecule has 1 amide bonds. The van der Waals surface area contributed by atoms with E-state index >= 15 is 0 Å². The van der Waals surface area contributed by atoms with Gasteiger partial charge in [-0.15, -0.1) is 11.3 Å². The number of para-hydroxylation sites is 1. The molecule has 2 heterocycles. The largest absolute Gasteiger partial charge is 0.456 e. The van der Waals surface area contributed by atoms with Crippen molar-refractivity contribution in [2.24, 2.45) is 0 Å². The Kier molecular flexibility index (Phi) is 5.85. The lowest BCUT2D eigenvalue weighted by Gasteiger charge is -2.04. The van der Waals surface area contributed by atoms with Crippen LogP contribution in [0, 0.1) is 5.82 Å². The SMILES string of the molecule is O=C(COC(=O)CCc1c[nH]c2ccccc12)Nc1nc(-c2ccc(F)cc2)cs1. The summed E-state index contributed by atoms with van der Waals surface area (Å²) in [7, 11) is 0. The molecule has 6 nitrogen and oxygen atoms in total. The maximum Gasteiger partial charge on any atom is 0.306 e. The third kappa shape index (κ3) is 4.72. The van der Waals surface area contributed by atoms with Gasteiger partial charge in [0.1, 0.15) is 5.82 Å². The van der Waals surface area contributed by atoms with E-state index in [1.165, 1.54) is 23.5 Å². The number of hydrogen-bond acceptors (Lipinski definition) is 5. The van der Waals surface area contributed by atoms with Crippen LogP contribution >= 0.6 is 11.3 Å². The summed E-state index contributed by atoms with van der Waals surface area (Å²) in [6, 6.07) is 13.8. The van der Waals surface area contributed by atoms with Crippen LogP contribution in [0.15, 0.2) is 60.1 Å². The highest BCUT2D eigenvalue weighted by molar-refractivity contribution is 7.14. The van der Waals surface area contributed by atoms with E-state index in [1.54, 1.807) is 17.5 Å². The van der Waals surface area contributed by atoms with Gasteiger partial charge in [-0.2, -0.15) is 0 Å². The van der Waals surface area contributed by atoms with Crippen LogP contribution in [0.25, 0.3) is 22.2 Å². The number of nitrogens with zero attached hydrogens (tertiary/aromatic N) is 1. The van der Waals surface area contributed by atoms with E-state index in [1.807, 2.05) is 30.5 Å². The van der Waals surface area contributed by atoms with Crippen LogP contribution in [0.2, 0.25) is 0 Å². The maximum absolute atomic E-state index is 13.0. The quantitative estimate of drug-likeness (QED) is 0.427. The molecule has 0 saturated heterocycles. The summed E-state index contributed by atoms with van der Waals surface area (Å²) in [5, 5.41) is 5.82. The van der Waals surface area contributed by atoms with E-state index in [0.717, 1.165) is 22.0 Å². The molecule has 0 spiro atoms. The normalized spacial score (nSPS) is 10.8. The molecule has 4 aromatic rings. The Morgan fingerprint density at radius 2 is 1.93 bits per heavy atom. The predicted octanol–water partition coefficient (Wildman–Crippen LogP) is 4.55. The number of hydrogen-bond donors (Lipinski definition) is 2. The molecule has 0 bridgehead atoms. The lowest BCUT2D eigenvalue weighted by atomic mass is 10.1. The molecule has 2 N–H and O–H groups in total. The summed E-state index contributed by atoms with van der Waals surface area (Å²) in [5.41, 5.74) is 3.43. The fraction of sp³-hybridized carbons (Fsp3) is 0.136. The number of carbonyl (C=O) groups excluding carboxylic acids is 2. The number of fused-ring (bicyclic) bond motifs is 1. The number of halogens is 1. The minimum Gasteiger partial charge on any atom is -0.456 e. The van der Waals surface area contributed by atoms with Crippen molar-refractivity contribution in [2.45, 2.75) is 12.8 Å². The molecule has 0 unspecified atom stereocenters. The summed E-state index contributed by atoms with van der Waals surface area (Å²) >= 11 is 1.24. The number of H-pyrrole nitrogens is 1. The molecule has 2 aromatic heterocycles. The number of anilines is 1. The van der Waals surface area contributed by atoms with Crippen molar-refractivity contribution < 1.29 is 18.7 Å². The summed E-state index contributed by atoms with van der Waals surface area (Å²) in [6.45, 7) is -0.377. The zero-order chi connectivity index (χ0) is 20.9. The van der Waals surface area contributed by atoms with Crippen LogP contribution in [0.5, 0.6) is 0 Å². The Morgan fingerprint density at radius 1 is 1.13 bits per heavy atom. The Labute approximate surface area is 175 Å². The first-order valence-corrected chi connectivity index (χ1v) is 10.2. The van der Waals surface area contributed by atoms with E-state index in [2.05, 4.69) is 15.3 Å². The second-order valence-corrected chi connectivity index (χ2v) is 7.47. The second kappa shape index (κ2) is 8.87. The number of aryl methyl sites for hydroxylation is 1. The van der Waals surface area contributed by atoms with Crippen molar-refractivity contribution in [1.82, 2.24) is 9.97 Å². The third-order valence-corrected chi connectivity index (χ3v) is 5.29. The van der Waals surface area contributed by atoms with Gasteiger partial charge in [0.05, 0.1) is 5.69 Å². The zero-order valence-corrected chi connectivity index (χ0v) is 16.7. The molecule has 0 radical (unpaired) electrons. The average molecular weight is 423 g/mol. The Balaban J connectivity index is 1.24. The number of nitrogens with one attached hydrogen (secondary N) is 2. The van der Waals surface area contributed by atoms with Crippen LogP contribution in [-0.2, 0) is 20.7 Å². The van der Waals surface area contributed by atoms with Crippen LogP contribution in [0.3, 0.4) is 0 Å². The number of benzene rings is 2. The van der Waals surface area contributed by atoms with Crippen molar-refractivity contribution >= 4 is 39.2 Å². The molecule has 0 aliphatic carbocycles. The predicted molar refractivity (Wildman–Crippen MR) is 114 cm³/mol. The Morgan fingerprint density at radius 3 is 2.77 bits per heavy atom. The summed E-state index contributed by atoms with van der Waals surface area (Å²) in [6.07, 6.45) is 2.59. The zero-order valence-electron chi connectivity index (χ0n) is 15.9. The molecular formula is C22H18FN3O3S. The third-order valence-electron chi connectivity index (χ3n) is 4.53. The van der Waals surface area contributed by atoms with Crippen LogP contribution in [-0.4, -0.2) is 28.5 Å².